The zero-order chi connectivity index (χ0) is 27.0. The standard InChI is InChI=1S/C25H30ClFN4O5S/c1-16(2)12-21(31-24(32)15-18-14-20-22(36-18)6-5-10-28-20)25(33)29-9-3-4-11-30-37(34,35)23-8-7-17(27)13-19(23)26/h5-8,10,13-14,16,21,30H,3-4,9,11-12,15H2,1-2H3,(H,29,33)(H,31,32)/t21-/m0/s1. The van der Waals surface area contributed by atoms with Crippen LogP contribution in [0.2, 0.25) is 5.02 Å². The number of pyridine rings is 1. The largest absolute Gasteiger partial charge is 0.459 e. The fraction of sp³-hybridized carbons (Fsp3) is 0.400. The van der Waals surface area contributed by atoms with Crippen LogP contribution < -0.4 is 15.4 Å². The first kappa shape index (κ1) is 28.5. The number of hydrogen-bond donors (Lipinski definition) is 3. The lowest BCUT2D eigenvalue weighted by Gasteiger charge is -2.20. The molecule has 9 nitrogen and oxygen atoms in total. The van der Waals surface area contributed by atoms with Crippen LogP contribution in [0.25, 0.3) is 11.1 Å². The smallest absolute Gasteiger partial charge is 0.242 e. The Morgan fingerprint density at radius 3 is 2.59 bits per heavy atom. The number of amides is 2. The fourth-order valence-corrected chi connectivity index (χ4v) is 5.28. The van der Waals surface area contributed by atoms with E-state index in [1.165, 1.54) is 0 Å². The van der Waals surface area contributed by atoms with Crippen LogP contribution in [0.3, 0.4) is 0 Å². The normalized spacial score (nSPS) is 12.6. The molecule has 1 atom stereocenters. The molecule has 0 fully saturated rings. The molecule has 0 unspecified atom stereocenters. The maximum absolute atomic E-state index is 13.2. The predicted molar refractivity (Wildman–Crippen MR) is 138 cm³/mol. The van der Waals surface area contributed by atoms with Gasteiger partial charge in [0.25, 0.3) is 0 Å². The van der Waals surface area contributed by atoms with E-state index in [0.29, 0.717) is 42.7 Å². The van der Waals surface area contributed by atoms with Gasteiger partial charge in [0.05, 0.1) is 11.4 Å². The van der Waals surface area contributed by atoms with Gasteiger partial charge in [0.1, 0.15) is 28.0 Å². The maximum atomic E-state index is 13.2. The number of rotatable bonds is 13. The van der Waals surface area contributed by atoms with Gasteiger partial charge in [-0.3, -0.25) is 14.6 Å². The molecule has 0 saturated carbocycles. The summed E-state index contributed by atoms with van der Waals surface area (Å²) in [7, 11) is -3.88. The Balaban J connectivity index is 1.44. The van der Waals surface area contributed by atoms with E-state index in [4.69, 9.17) is 16.0 Å². The highest BCUT2D eigenvalue weighted by atomic mass is 35.5. The number of unbranched alkanes of at least 4 members (excludes halogenated alkanes) is 1. The first-order chi connectivity index (χ1) is 17.5. The Morgan fingerprint density at radius 1 is 1.14 bits per heavy atom. The minimum Gasteiger partial charge on any atom is -0.459 e. The fourth-order valence-electron chi connectivity index (χ4n) is 3.68. The van der Waals surface area contributed by atoms with Crippen molar-refractivity contribution >= 4 is 44.5 Å². The molecular formula is C25H30ClFN4O5S. The van der Waals surface area contributed by atoms with Crippen LogP contribution >= 0.6 is 11.6 Å². The van der Waals surface area contributed by atoms with E-state index in [0.717, 1.165) is 18.2 Å². The van der Waals surface area contributed by atoms with E-state index in [2.05, 4.69) is 20.3 Å². The van der Waals surface area contributed by atoms with Gasteiger partial charge in [-0.05, 0) is 55.5 Å². The number of furan rings is 1. The van der Waals surface area contributed by atoms with Gasteiger partial charge in [-0.2, -0.15) is 0 Å². The number of sulfonamides is 1. The van der Waals surface area contributed by atoms with Gasteiger partial charge in [-0.25, -0.2) is 17.5 Å². The van der Waals surface area contributed by atoms with E-state index in [1.54, 1.807) is 24.4 Å². The van der Waals surface area contributed by atoms with Gasteiger partial charge in [-0.1, -0.05) is 25.4 Å². The van der Waals surface area contributed by atoms with Crippen LogP contribution in [0, 0.1) is 11.7 Å². The van der Waals surface area contributed by atoms with E-state index >= 15 is 0 Å². The lowest BCUT2D eigenvalue weighted by Crippen LogP contribution is -2.48. The molecule has 1 aromatic carbocycles. The molecule has 0 saturated heterocycles. The Kier molecular flexibility index (Phi) is 10.0. The van der Waals surface area contributed by atoms with Crippen LogP contribution in [0.15, 0.2) is 51.9 Å². The maximum Gasteiger partial charge on any atom is 0.242 e. The van der Waals surface area contributed by atoms with Crippen molar-refractivity contribution in [3.05, 3.63) is 59.2 Å². The van der Waals surface area contributed by atoms with Gasteiger partial charge in [0.15, 0.2) is 5.58 Å². The Bertz CT molecular complexity index is 1310. The van der Waals surface area contributed by atoms with E-state index < -0.39 is 21.9 Å². The molecular weight excluding hydrogens is 523 g/mol. The molecule has 37 heavy (non-hydrogen) atoms. The number of carbonyl (C=O) groups excluding carboxylic acids is 2. The predicted octanol–water partition coefficient (Wildman–Crippen LogP) is 3.57. The quantitative estimate of drug-likeness (QED) is 0.278. The first-order valence-corrected chi connectivity index (χ1v) is 13.8. The zero-order valence-electron chi connectivity index (χ0n) is 20.6. The SMILES string of the molecule is CC(C)C[C@H](NC(=O)Cc1cc2ncccc2o1)C(=O)NCCCCNS(=O)(=O)c1ccc(F)cc1Cl. The van der Waals surface area contributed by atoms with Crippen molar-refractivity contribution in [2.45, 2.75) is 50.5 Å². The molecule has 2 aromatic heterocycles. The molecule has 3 N–H and O–H groups in total. The van der Waals surface area contributed by atoms with Crippen molar-refractivity contribution in [1.82, 2.24) is 20.3 Å². The summed E-state index contributed by atoms with van der Waals surface area (Å²) in [4.78, 5) is 29.3. The second-order valence-corrected chi connectivity index (χ2v) is 11.1. The van der Waals surface area contributed by atoms with Crippen LogP contribution in [-0.2, 0) is 26.0 Å². The molecule has 2 heterocycles. The number of halogens is 2. The minimum atomic E-state index is -3.88. The topological polar surface area (TPSA) is 130 Å². The van der Waals surface area contributed by atoms with Crippen molar-refractivity contribution in [2.24, 2.45) is 5.92 Å². The molecule has 0 spiro atoms. The highest BCUT2D eigenvalue weighted by molar-refractivity contribution is 7.89. The van der Waals surface area contributed by atoms with E-state index in [9.17, 15) is 22.4 Å². The van der Waals surface area contributed by atoms with Gasteiger partial charge >= 0.3 is 0 Å². The first-order valence-electron chi connectivity index (χ1n) is 11.9. The highest BCUT2D eigenvalue weighted by Gasteiger charge is 2.23. The third kappa shape index (κ3) is 8.51. The number of fused-ring (bicyclic) bond motifs is 1. The van der Waals surface area contributed by atoms with Gasteiger partial charge in [0.2, 0.25) is 21.8 Å². The molecule has 200 valence electrons. The number of carbonyl (C=O) groups is 2. The summed E-state index contributed by atoms with van der Waals surface area (Å²) >= 11 is 5.83. The Hall–Kier alpha value is -3.02. The van der Waals surface area contributed by atoms with Gasteiger partial charge < -0.3 is 15.1 Å². The summed E-state index contributed by atoms with van der Waals surface area (Å²) in [5.41, 5.74) is 1.25. The summed E-state index contributed by atoms with van der Waals surface area (Å²) in [6.45, 7) is 4.33. The number of benzene rings is 1. The Morgan fingerprint density at radius 2 is 1.89 bits per heavy atom. The van der Waals surface area contributed by atoms with Crippen LogP contribution in [0.4, 0.5) is 4.39 Å². The third-order valence-corrected chi connectivity index (χ3v) is 7.35. The van der Waals surface area contributed by atoms with Crippen LogP contribution in [0.1, 0.15) is 38.9 Å². The third-order valence-electron chi connectivity index (χ3n) is 5.41. The molecule has 0 aliphatic carbocycles. The second kappa shape index (κ2) is 13.0. The van der Waals surface area contributed by atoms with Gasteiger partial charge in [-0.15, -0.1) is 0 Å². The minimum absolute atomic E-state index is 0.0174. The molecule has 0 aliphatic rings. The van der Waals surface area contributed by atoms with Crippen LogP contribution in [0.5, 0.6) is 0 Å². The molecule has 12 heteroatoms. The number of nitrogens with zero attached hydrogens (tertiary/aromatic N) is 1. The lowest BCUT2D eigenvalue weighted by atomic mass is 10.0. The van der Waals surface area contributed by atoms with Crippen molar-refractivity contribution in [3.63, 3.8) is 0 Å². The molecule has 3 aromatic rings. The van der Waals surface area contributed by atoms with Crippen molar-refractivity contribution in [2.75, 3.05) is 13.1 Å². The zero-order valence-corrected chi connectivity index (χ0v) is 22.2. The van der Waals surface area contributed by atoms with Gasteiger partial charge in [0, 0.05) is 25.4 Å². The second-order valence-electron chi connectivity index (χ2n) is 9.00. The highest BCUT2D eigenvalue weighted by Crippen LogP contribution is 2.22. The number of hydrogen-bond acceptors (Lipinski definition) is 6. The summed E-state index contributed by atoms with van der Waals surface area (Å²) in [5, 5.41) is 5.38. The van der Waals surface area contributed by atoms with Crippen molar-refractivity contribution < 1.29 is 26.8 Å². The molecule has 0 aliphatic heterocycles. The van der Waals surface area contributed by atoms with E-state index in [1.807, 2.05) is 13.8 Å². The summed E-state index contributed by atoms with van der Waals surface area (Å²) in [5.74, 6) is -0.655. The van der Waals surface area contributed by atoms with Crippen molar-refractivity contribution in [1.29, 1.82) is 0 Å². The monoisotopic (exact) mass is 552 g/mol. The molecule has 0 radical (unpaired) electrons. The molecule has 0 bridgehead atoms. The lowest BCUT2D eigenvalue weighted by molar-refractivity contribution is -0.129. The van der Waals surface area contributed by atoms with Crippen LogP contribution in [-0.4, -0.2) is 44.3 Å². The Labute approximate surface area is 220 Å². The summed E-state index contributed by atoms with van der Waals surface area (Å²) in [6, 6.07) is 7.56. The summed E-state index contributed by atoms with van der Waals surface area (Å²) < 4.78 is 45.9. The van der Waals surface area contributed by atoms with E-state index in [-0.39, 0.29) is 40.6 Å². The summed E-state index contributed by atoms with van der Waals surface area (Å²) in [6.07, 6.45) is 3.02. The average molecular weight is 553 g/mol. The molecule has 3 rings (SSSR count). The molecule has 2 amide bonds. The van der Waals surface area contributed by atoms with Crippen molar-refractivity contribution in [3.8, 4) is 0 Å². The number of nitrogens with one attached hydrogen (secondary N) is 3. The average Bonchev–Trinajstić information content (AvgIpc) is 3.22. The number of aromatic nitrogens is 1.